The van der Waals surface area contributed by atoms with Crippen LogP contribution in [0.3, 0.4) is 0 Å². The fourth-order valence-corrected chi connectivity index (χ4v) is 2.42. The molecule has 0 bridgehead atoms. The number of hydrogen-bond donors (Lipinski definition) is 2. The monoisotopic (exact) mass is 346 g/mol. The van der Waals surface area contributed by atoms with Crippen molar-refractivity contribution in [2.75, 3.05) is 6.61 Å². The third-order valence-corrected chi connectivity index (χ3v) is 3.57. The van der Waals surface area contributed by atoms with Crippen LogP contribution in [0.25, 0.3) is 10.9 Å². The van der Waals surface area contributed by atoms with Crippen molar-refractivity contribution in [3.8, 4) is 0 Å². The van der Waals surface area contributed by atoms with Crippen LogP contribution in [0.2, 0.25) is 0 Å². The van der Waals surface area contributed by atoms with Crippen LogP contribution in [0.15, 0.2) is 30.5 Å². The van der Waals surface area contributed by atoms with Gasteiger partial charge in [0.1, 0.15) is 5.60 Å². The first-order valence-electron chi connectivity index (χ1n) is 8.54. The molecule has 2 N–H and O–H groups in total. The van der Waals surface area contributed by atoms with Crippen LogP contribution in [-0.4, -0.2) is 29.3 Å². The van der Waals surface area contributed by atoms with Gasteiger partial charge in [-0.1, -0.05) is 31.5 Å². The highest BCUT2D eigenvalue weighted by molar-refractivity contribution is 5.91. The fraction of sp³-hybridized carbons (Fsp3) is 0.474. The van der Waals surface area contributed by atoms with Crippen molar-refractivity contribution in [1.29, 1.82) is 0 Å². The molecule has 6 heteroatoms. The first kappa shape index (κ1) is 18.8. The van der Waals surface area contributed by atoms with Crippen molar-refractivity contribution < 1.29 is 19.1 Å². The van der Waals surface area contributed by atoms with Gasteiger partial charge in [-0.2, -0.15) is 0 Å². The molecule has 0 radical (unpaired) electrons. The molecule has 25 heavy (non-hydrogen) atoms. The smallest absolute Gasteiger partial charge is 0.408 e. The molecule has 0 spiro atoms. The van der Waals surface area contributed by atoms with Crippen molar-refractivity contribution in [2.45, 2.75) is 52.2 Å². The Morgan fingerprint density at radius 3 is 2.64 bits per heavy atom. The van der Waals surface area contributed by atoms with Gasteiger partial charge >= 0.3 is 12.1 Å². The lowest BCUT2D eigenvalue weighted by atomic mass is 10.1. The third kappa shape index (κ3) is 5.24. The molecular formula is C19H26N2O4. The van der Waals surface area contributed by atoms with Gasteiger partial charge in [0.15, 0.2) is 6.04 Å². The Hall–Kier alpha value is -2.50. The number of carbonyl (C=O) groups excluding carboxylic acids is 2. The van der Waals surface area contributed by atoms with E-state index >= 15 is 0 Å². The maximum absolute atomic E-state index is 12.6. The predicted octanol–water partition coefficient (Wildman–Crippen LogP) is 4.08. The van der Waals surface area contributed by atoms with E-state index in [4.69, 9.17) is 9.47 Å². The Kier molecular flexibility index (Phi) is 6.07. The summed E-state index contributed by atoms with van der Waals surface area (Å²) in [7, 11) is 0. The Balaban J connectivity index is 2.25. The zero-order valence-electron chi connectivity index (χ0n) is 15.2. The minimum atomic E-state index is -0.928. The number of alkyl carbamates (subject to hydrolysis) is 1. The van der Waals surface area contributed by atoms with E-state index in [2.05, 4.69) is 10.3 Å². The van der Waals surface area contributed by atoms with Crippen LogP contribution < -0.4 is 5.32 Å². The number of benzene rings is 1. The quantitative estimate of drug-likeness (QED) is 0.610. The zero-order chi connectivity index (χ0) is 18.4. The summed E-state index contributed by atoms with van der Waals surface area (Å²) >= 11 is 0. The molecule has 6 nitrogen and oxygen atoms in total. The van der Waals surface area contributed by atoms with Gasteiger partial charge in [0.05, 0.1) is 6.61 Å². The number of amides is 1. The highest BCUT2D eigenvalue weighted by atomic mass is 16.6. The summed E-state index contributed by atoms with van der Waals surface area (Å²) in [6.45, 7) is 7.65. The van der Waals surface area contributed by atoms with E-state index < -0.39 is 23.7 Å². The molecule has 0 fully saturated rings. The average Bonchev–Trinajstić information content (AvgIpc) is 2.95. The van der Waals surface area contributed by atoms with Gasteiger partial charge in [-0.05, 0) is 33.3 Å². The molecule has 1 atom stereocenters. The topological polar surface area (TPSA) is 80.4 Å². The summed E-state index contributed by atoms with van der Waals surface area (Å²) in [4.78, 5) is 27.9. The van der Waals surface area contributed by atoms with E-state index in [1.807, 2.05) is 31.2 Å². The lowest BCUT2D eigenvalue weighted by Gasteiger charge is -2.23. The normalized spacial score (nSPS) is 12.6. The molecule has 0 aliphatic rings. The highest BCUT2D eigenvalue weighted by Gasteiger charge is 2.29. The van der Waals surface area contributed by atoms with E-state index in [0.29, 0.717) is 12.2 Å². The molecule has 0 aliphatic carbocycles. The number of H-pyrrole nitrogens is 1. The molecule has 1 amide bonds. The molecule has 0 saturated heterocycles. The number of unbranched alkanes of at least 4 members (excludes halogenated alkanes) is 1. The van der Waals surface area contributed by atoms with Gasteiger partial charge < -0.3 is 19.8 Å². The second-order valence-electron chi connectivity index (χ2n) is 6.89. The maximum atomic E-state index is 12.6. The number of ether oxygens (including phenoxy) is 2. The van der Waals surface area contributed by atoms with E-state index in [1.54, 1.807) is 27.0 Å². The van der Waals surface area contributed by atoms with Crippen molar-refractivity contribution >= 4 is 23.0 Å². The first-order valence-corrected chi connectivity index (χ1v) is 8.54. The van der Waals surface area contributed by atoms with Crippen LogP contribution in [0, 0.1) is 0 Å². The van der Waals surface area contributed by atoms with Gasteiger partial charge in [-0.15, -0.1) is 0 Å². The molecule has 0 saturated carbocycles. The van der Waals surface area contributed by atoms with Gasteiger partial charge in [0.2, 0.25) is 0 Å². The predicted molar refractivity (Wildman–Crippen MR) is 96.3 cm³/mol. The molecular weight excluding hydrogens is 320 g/mol. The van der Waals surface area contributed by atoms with Crippen LogP contribution in [0.5, 0.6) is 0 Å². The second-order valence-corrected chi connectivity index (χ2v) is 6.89. The van der Waals surface area contributed by atoms with E-state index in [1.165, 1.54) is 0 Å². The summed E-state index contributed by atoms with van der Waals surface area (Å²) in [5.74, 6) is -0.496. The Bertz CT molecular complexity index is 730. The molecule has 1 aromatic carbocycles. The third-order valence-electron chi connectivity index (χ3n) is 3.57. The van der Waals surface area contributed by atoms with Gasteiger partial charge in [-0.3, -0.25) is 0 Å². The SMILES string of the molecule is CCCCOC(=O)C(NC(=O)OC(C)(C)C)c1c[nH]c2ccccc12. The molecule has 1 aromatic heterocycles. The van der Waals surface area contributed by atoms with E-state index in [-0.39, 0.29) is 0 Å². The van der Waals surface area contributed by atoms with Crippen LogP contribution in [-0.2, 0) is 14.3 Å². The fourth-order valence-electron chi connectivity index (χ4n) is 2.42. The standard InChI is InChI=1S/C19H26N2O4/c1-5-6-11-24-17(22)16(21-18(23)25-19(2,3)4)14-12-20-15-10-8-7-9-13(14)15/h7-10,12,16,20H,5-6,11H2,1-4H3,(H,21,23). The number of esters is 1. The van der Waals surface area contributed by atoms with Crippen LogP contribution in [0.1, 0.15) is 52.1 Å². The number of para-hydroxylation sites is 1. The maximum Gasteiger partial charge on any atom is 0.408 e. The molecule has 136 valence electrons. The minimum Gasteiger partial charge on any atom is -0.464 e. The average molecular weight is 346 g/mol. The summed E-state index contributed by atoms with van der Waals surface area (Å²) in [5, 5.41) is 3.50. The lowest BCUT2D eigenvalue weighted by Crippen LogP contribution is -2.38. The lowest BCUT2D eigenvalue weighted by molar-refractivity contribution is -0.146. The molecule has 0 aliphatic heterocycles. The molecule has 2 rings (SSSR count). The molecule has 1 unspecified atom stereocenters. The van der Waals surface area contributed by atoms with Gasteiger partial charge in [0.25, 0.3) is 0 Å². The van der Waals surface area contributed by atoms with Gasteiger partial charge in [-0.25, -0.2) is 9.59 Å². The summed E-state index contributed by atoms with van der Waals surface area (Å²) in [5.41, 5.74) is 0.888. The summed E-state index contributed by atoms with van der Waals surface area (Å²) < 4.78 is 10.6. The number of rotatable bonds is 6. The van der Waals surface area contributed by atoms with Crippen molar-refractivity contribution in [3.63, 3.8) is 0 Å². The van der Waals surface area contributed by atoms with E-state index in [9.17, 15) is 9.59 Å². The zero-order valence-corrected chi connectivity index (χ0v) is 15.2. The number of aromatic amines is 1. The molecule has 1 heterocycles. The van der Waals surface area contributed by atoms with Crippen molar-refractivity contribution in [1.82, 2.24) is 10.3 Å². The van der Waals surface area contributed by atoms with Gasteiger partial charge in [0, 0.05) is 22.7 Å². The number of carbonyl (C=O) groups is 2. The minimum absolute atomic E-state index is 0.324. The number of aromatic nitrogens is 1. The Morgan fingerprint density at radius 1 is 1.24 bits per heavy atom. The number of hydrogen-bond acceptors (Lipinski definition) is 4. The Morgan fingerprint density at radius 2 is 1.96 bits per heavy atom. The van der Waals surface area contributed by atoms with Crippen LogP contribution >= 0.6 is 0 Å². The summed E-state index contributed by atoms with van der Waals surface area (Å²) in [6.07, 6.45) is 2.76. The van der Waals surface area contributed by atoms with E-state index in [0.717, 1.165) is 23.7 Å². The summed E-state index contributed by atoms with van der Waals surface area (Å²) in [6, 6.07) is 6.66. The van der Waals surface area contributed by atoms with Crippen molar-refractivity contribution in [2.24, 2.45) is 0 Å². The Labute approximate surface area is 147 Å². The largest absolute Gasteiger partial charge is 0.464 e. The second kappa shape index (κ2) is 8.05. The highest BCUT2D eigenvalue weighted by Crippen LogP contribution is 2.25. The number of fused-ring (bicyclic) bond motifs is 1. The first-order chi connectivity index (χ1) is 11.8. The van der Waals surface area contributed by atoms with Crippen molar-refractivity contribution in [3.05, 3.63) is 36.0 Å². The number of nitrogens with one attached hydrogen (secondary N) is 2. The molecule has 2 aromatic rings. The van der Waals surface area contributed by atoms with Crippen LogP contribution in [0.4, 0.5) is 4.79 Å².